The minimum Gasteiger partial charge on any atom is -0.352 e. The van der Waals surface area contributed by atoms with Crippen molar-refractivity contribution in [2.24, 2.45) is 0 Å². The molecule has 1 aliphatic heterocycles. The van der Waals surface area contributed by atoms with Crippen LogP contribution in [0.25, 0.3) is 0 Å². The second-order valence-corrected chi connectivity index (χ2v) is 5.95. The van der Waals surface area contributed by atoms with E-state index >= 15 is 0 Å². The molecule has 0 spiro atoms. The van der Waals surface area contributed by atoms with Gasteiger partial charge in [-0.25, -0.2) is 4.39 Å². The number of halogens is 4. The number of likely N-dealkylation sites (tertiary alicyclic amines) is 1. The van der Waals surface area contributed by atoms with Crippen LogP contribution in [0.5, 0.6) is 0 Å². The molecule has 2 unspecified atom stereocenters. The molecule has 24 heavy (non-hydrogen) atoms. The lowest BCUT2D eigenvalue weighted by Crippen LogP contribution is -2.58. The Morgan fingerprint density at radius 3 is 2.50 bits per heavy atom. The number of alkyl halides is 3. The third-order valence-electron chi connectivity index (χ3n) is 4.06. The molecule has 1 heterocycles. The first-order valence-corrected chi connectivity index (χ1v) is 7.50. The Bertz CT molecular complexity index is 645. The molecule has 8 heteroatoms. The zero-order valence-corrected chi connectivity index (χ0v) is 13.3. The van der Waals surface area contributed by atoms with Gasteiger partial charge in [-0.1, -0.05) is 6.07 Å². The number of piperidine rings is 1. The summed E-state index contributed by atoms with van der Waals surface area (Å²) in [5.74, 6) is -1.95. The second-order valence-electron chi connectivity index (χ2n) is 5.95. The van der Waals surface area contributed by atoms with Crippen molar-refractivity contribution in [2.45, 2.75) is 44.9 Å². The zero-order valence-electron chi connectivity index (χ0n) is 13.3. The van der Waals surface area contributed by atoms with E-state index in [-0.39, 0.29) is 30.9 Å². The van der Waals surface area contributed by atoms with E-state index in [1.165, 1.54) is 19.9 Å². The lowest BCUT2D eigenvalue weighted by Gasteiger charge is -2.40. The number of amides is 2. The molecule has 1 fully saturated rings. The van der Waals surface area contributed by atoms with Gasteiger partial charge in [0, 0.05) is 25.1 Å². The molecule has 0 bridgehead atoms. The standard InChI is InChI=1S/C16H18F4N2O2/c1-9-3-4-11(17)7-13(9)15(24)22-8-12(21-10(2)23)5-6-14(22)16(18,19)20/h3-4,7,12,14H,5-6,8H2,1-2H3,(H,21,23). The summed E-state index contributed by atoms with van der Waals surface area (Å²) in [6, 6.07) is 0.925. The Morgan fingerprint density at radius 1 is 1.25 bits per heavy atom. The lowest BCUT2D eigenvalue weighted by atomic mass is 9.95. The largest absolute Gasteiger partial charge is 0.408 e. The summed E-state index contributed by atoms with van der Waals surface area (Å²) < 4.78 is 53.2. The van der Waals surface area contributed by atoms with Gasteiger partial charge >= 0.3 is 6.18 Å². The summed E-state index contributed by atoms with van der Waals surface area (Å²) in [5.41, 5.74) is 0.289. The molecular formula is C16H18F4N2O2. The van der Waals surface area contributed by atoms with Crippen LogP contribution in [0.4, 0.5) is 17.6 Å². The molecule has 4 nitrogen and oxygen atoms in total. The number of hydrogen-bond acceptors (Lipinski definition) is 2. The first kappa shape index (κ1) is 18.2. The predicted octanol–water partition coefficient (Wildman–Crippen LogP) is 2.81. The van der Waals surface area contributed by atoms with Gasteiger partial charge in [0.2, 0.25) is 5.91 Å². The van der Waals surface area contributed by atoms with Crippen LogP contribution in [-0.2, 0) is 4.79 Å². The number of nitrogens with one attached hydrogen (secondary N) is 1. The van der Waals surface area contributed by atoms with Crippen molar-refractivity contribution < 1.29 is 27.2 Å². The maximum atomic E-state index is 13.4. The van der Waals surface area contributed by atoms with Crippen LogP contribution in [0, 0.1) is 12.7 Å². The number of nitrogens with zero attached hydrogens (tertiary/aromatic N) is 1. The first-order chi connectivity index (χ1) is 11.1. The number of hydrogen-bond donors (Lipinski definition) is 1. The minimum atomic E-state index is -4.59. The summed E-state index contributed by atoms with van der Waals surface area (Å²) in [6.07, 6.45) is -4.78. The number of benzene rings is 1. The van der Waals surface area contributed by atoms with Crippen LogP contribution in [0.2, 0.25) is 0 Å². The Hall–Kier alpha value is -2.12. The normalized spacial score (nSPS) is 21.5. The fraction of sp³-hybridized carbons (Fsp3) is 0.500. The van der Waals surface area contributed by atoms with E-state index in [4.69, 9.17) is 0 Å². The molecular weight excluding hydrogens is 328 g/mol. The van der Waals surface area contributed by atoms with E-state index in [1.807, 2.05) is 0 Å². The molecule has 1 N–H and O–H groups in total. The first-order valence-electron chi connectivity index (χ1n) is 7.50. The van der Waals surface area contributed by atoms with Gasteiger partial charge in [-0.15, -0.1) is 0 Å². The van der Waals surface area contributed by atoms with E-state index < -0.39 is 30.0 Å². The van der Waals surface area contributed by atoms with Crippen LogP contribution < -0.4 is 5.32 Å². The average molecular weight is 346 g/mol. The van der Waals surface area contributed by atoms with E-state index in [2.05, 4.69) is 5.32 Å². The molecule has 0 aliphatic carbocycles. The lowest BCUT2D eigenvalue weighted by molar-refractivity contribution is -0.184. The maximum Gasteiger partial charge on any atom is 0.408 e. The van der Waals surface area contributed by atoms with Crippen LogP contribution >= 0.6 is 0 Å². The minimum absolute atomic E-state index is 0.104. The molecule has 1 aromatic carbocycles. The fourth-order valence-corrected chi connectivity index (χ4v) is 2.92. The highest BCUT2D eigenvalue weighted by molar-refractivity contribution is 5.96. The van der Waals surface area contributed by atoms with E-state index in [0.29, 0.717) is 10.5 Å². The van der Waals surface area contributed by atoms with Crippen molar-refractivity contribution in [3.05, 3.63) is 35.1 Å². The van der Waals surface area contributed by atoms with Gasteiger partial charge in [0.1, 0.15) is 11.9 Å². The molecule has 0 radical (unpaired) electrons. The van der Waals surface area contributed by atoms with Gasteiger partial charge in [-0.05, 0) is 37.5 Å². The fourth-order valence-electron chi connectivity index (χ4n) is 2.92. The highest BCUT2D eigenvalue weighted by atomic mass is 19.4. The number of carbonyl (C=O) groups is 2. The molecule has 2 rings (SSSR count). The third kappa shape index (κ3) is 4.04. The Morgan fingerprint density at radius 2 is 1.92 bits per heavy atom. The van der Waals surface area contributed by atoms with Gasteiger partial charge in [0.15, 0.2) is 0 Å². The van der Waals surface area contributed by atoms with Gasteiger partial charge < -0.3 is 10.2 Å². The Kier molecular flexibility index (Phi) is 5.15. The highest BCUT2D eigenvalue weighted by Crippen LogP contribution is 2.33. The molecule has 2 atom stereocenters. The van der Waals surface area contributed by atoms with Gasteiger partial charge in [0.05, 0.1) is 0 Å². The SMILES string of the molecule is CC(=O)NC1CCC(C(F)(F)F)N(C(=O)c2cc(F)ccc2C)C1. The second kappa shape index (κ2) is 6.78. The van der Waals surface area contributed by atoms with Crippen LogP contribution in [-0.4, -0.2) is 41.5 Å². The maximum absolute atomic E-state index is 13.4. The molecule has 1 saturated heterocycles. The molecule has 1 aliphatic rings. The molecule has 0 aromatic heterocycles. The van der Waals surface area contributed by atoms with Crippen molar-refractivity contribution in [3.63, 3.8) is 0 Å². The van der Waals surface area contributed by atoms with Gasteiger partial charge in [0.25, 0.3) is 5.91 Å². The number of rotatable bonds is 2. The van der Waals surface area contributed by atoms with Crippen molar-refractivity contribution in [1.82, 2.24) is 10.2 Å². The van der Waals surface area contributed by atoms with E-state index in [1.54, 1.807) is 0 Å². The summed E-state index contributed by atoms with van der Waals surface area (Å²) in [7, 11) is 0. The Labute approximate surface area is 136 Å². The zero-order chi connectivity index (χ0) is 18.1. The summed E-state index contributed by atoms with van der Waals surface area (Å²) in [4.78, 5) is 24.4. The topological polar surface area (TPSA) is 49.4 Å². The predicted molar refractivity (Wildman–Crippen MR) is 78.9 cm³/mol. The van der Waals surface area contributed by atoms with Crippen LogP contribution in [0.1, 0.15) is 35.7 Å². The highest BCUT2D eigenvalue weighted by Gasteiger charge is 2.48. The molecule has 0 saturated carbocycles. The summed E-state index contributed by atoms with van der Waals surface area (Å²) >= 11 is 0. The third-order valence-corrected chi connectivity index (χ3v) is 4.06. The van der Waals surface area contributed by atoms with Crippen LogP contribution in [0.15, 0.2) is 18.2 Å². The summed E-state index contributed by atoms with van der Waals surface area (Å²) in [6.45, 7) is 2.53. The van der Waals surface area contributed by atoms with Crippen LogP contribution in [0.3, 0.4) is 0 Å². The van der Waals surface area contributed by atoms with Crippen molar-refractivity contribution in [1.29, 1.82) is 0 Å². The quantitative estimate of drug-likeness (QED) is 0.837. The summed E-state index contributed by atoms with van der Waals surface area (Å²) in [5, 5.41) is 2.54. The number of aryl methyl sites for hydroxylation is 1. The Balaban J connectivity index is 2.33. The van der Waals surface area contributed by atoms with Gasteiger partial charge in [-0.3, -0.25) is 9.59 Å². The van der Waals surface area contributed by atoms with E-state index in [0.717, 1.165) is 12.1 Å². The van der Waals surface area contributed by atoms with Crippen molar-refractivity contribution >= 4 is 11.8 Å². The van der Waals surface area contributed by atoms with Crippen molar-refractivity contribution in [2.75, 3.05) is 6.54 Å². The van der Waals surface area contributed by atoms with Crippen molar-refractivity contribution in [3.8, 4) is 0 Å². The number of carbonyl (C=O) groups excluding carboxylic acids is 2. The molecule has 2 amide bonds. The molecule has 132 valence electrons. The van der Waals surface area contributed by atoms with E-state index in [9.17, 15) is 27.2 Å². The monoisotopic (exact) mass is 346 g/mol. The smallest absolute Gasteiger partial charge is 0.352 e. The average Bonchev–Trinajstić information content (AvgIpc) is 2.47. The molecule has 1 aromatic rings. The van der Waals surface area contributed by atoms with Gasteiger partial charge in [-0.2, -0.15) is 13.2 Å².